The Balaban J connectivity index is 2.19. The van der Waals surface area contributed by atoms with Gasteiger partial charge in [0.2, 0.25) is 0 Å². The van der Waals surface area contributed by atoms with Crippen LogP contribution in [0.15, 0.2) is 34.9 Å². The molecule has 3 aromatic rings. The first-order valence-electron chi connectivity index (χ1n) is 6.58. The zero-order valence-electron chi connectivity index (χ0n) is 10.9. The number of carbonyl (C=O) groups is 1. The van der Waals surface area contributed by atoms with Crippen molar-refractivity contribution in [3.05, 3.63) is 52.4 Å². The van der Waals surface area contributed by atoms with E-state index < -0.39 is 5.97 Å². The van der Waals surface area contributed by atoms with Crippen LogP contribution in [0, 0.1) is 0 Å². The lowest BCUT2D eigenvalue weighted by Gasteiger charge is -2.19. The molecule has 1 aromatic carbocycles. The van der Waals surface area contributed by atoms with Gasteiger partial charge in [-0.15, -0.1) is 0 Å². The fourth-order valence-electron chi connectivity index (χ4n) is 3.00. The van der Waals surface area contributed by atoms with Gasteiger partial charge in [0.25, 0.3) is 0 Å². The molecule has 21 heavy (non-hydrogen) atoms. The molecule has 4 rings (SSSR count). The van der Waals surface area contributed by atoms with E-state index in [0.717, 1.165) is 16.9 Å². The number of rotatable bonds is 1. The van der Waals surface area contributed by atoms with Gasteiger partial charge in [-0.1, -0.05) is 17.7 Å². The third-order valence-electron chi connectivity index (χ3n) is 3.88. The fourth-order valence-corrected chi connectivity index (χ4v) is 3.26. The van der Waals surface area contributed by atoms with Crippen LogP contribution in [-0.4, -0.2) is 16.1 Å². The molecule has 0 amide bonds. The van der Waals surface area contributed by atoms with Crippen LogP contribution in [0.3, 0.4) is 0 Å². The number of halogens is 1. The van der Waals surface area contributed by atoms with Gasteiger partial charge in [0.1, 0.15) is 5.76 Å². The quantitative estimate of drug-likeness (QED) is 0.739. The average Bonchev–Trinajstić information content (AvgIpc) is 2.94. The molecule has 0 aliphatic heterocycles. The van der Waals surface area contributed by atoms with Crippen LogP contribution in [-0.2, 0) is 12.8 Å². The summed E-state index contributed by atoms with van der Waals surface area (Å²) in [6.45, 7) is 0. The zero-order valence-corrected chi connectivity index (χ0v) is 11.6. The van der Waals surface area contributed by atoms with Crippen LogP contribution >= 0.6 is 11.6 Å². The smallest absolute Gasteiger partial charge is 0.336 e. The molecule has 2 aromatic heterocycles. The normalized spacial score (nSPS) is 13.0. The summed E-state index contributed by atoms with van der Waals surface area (Å²) in [6.07, 6.45) is 2.88. The van der Waals surface area contributed by atoms with Crippen molar-refractivity contribution in [3.63, 3.8) is 0 Å². The lowest BCUT2D eigenvalue weighted by Crippen LogP contribution is -2.12. The number of carboxylic acids is 1. The van der Waals surface area contributed by atoms with Gasteiger partial charge in [-0.05, 0) is 30.2 Å². The summed E-state index contributed by atoms with van der Waals surface area (Å²) < 4.78 is 5.44. The summed E-state index contributed by atoms with van der Waals surface area (Å²) in [5.74, 6) is -0.119. The molecule has 5 heteroatoms. The summed E-state index contributed by atoms with van der Waals surface area (Å²) >= 11 is 6.21. The first kappa shape index (κ1) is 12.4. The van der Waals surface area contributed by atoms with Gasteiger partial charge in [-0.3, -0.25) is 0 Å². The highest BCUT2D eigenvalue weighted by Crippen LogP contribution is 2.39. The van der Waals surface area contributed by atoms with Crippen molar-refractivity contribution >= 4 is 28.5 Å². The van der Waals surface area contributed by atoms with Crippen molar-refractivity contribution in [1.29, 1.82) is 0 Å². The molecule has 0 saturated heterocycles. The SMILES string of the molecule is O=C(O)c1c2c(nc3cccc(Cl)c13)-c1ccoc1CC2. The number of hydrogen-bond acceptors (Lipinski definition) is 3. The molecule has 0 spiro atoms. The number of fused-ring (bicyclic) bond motifs is 4. The Hall–Kier alpha value is -2.33. The maximum Gasteiger partial charge on any atom is 0.336 e. The van der Waals surface area contributed by atoms with E-state index in [4.69, 9.17) is 16.0 Å². The first-order chi connectivity index (χ1) is 10.2. The van der Waals surface area contributed by atoms with Crippen LogP contribution < -0.4 is 0 Å². The molecule has 2 heterocycles. The van der Waals surface area contributed by atoms with E-state index in [0.29, 0.717) is 34.5 Å². The Morgan fingerprint density at radius 3 is 2.95 bits per heavy atom. The third-order valence-corrected chi connectivity index (χ3v) is 4.19. The van der Waals surface area contributed by atoms with Crippen molar-refractivity contribution in [1.82, 2.24) is 4.98 Å². The van der Waals surface area contributed by atoms with Crippen molar-refractivity contribution < 1.29 is 14.3 Å². The number of nitrogens with zero attached hydrogens (tertiary/aromatic N) is 1. The molecule has 0 saturated carbocycles. The number of carboxylic acid groups (broad SMARTS) is 1. The summed E-state index contributed by atoms with van der Waals surface area (Å²) in [5, 5.41) is 10.6. The van der Waals surface area contributed by atoms with Gasteiger partial charge in [-0.2, -0.15) is 0 Å². The topological polar surface area (TPSA) is 63.3 Å². The molecule has 4 nitrogen and oxygen atoms in total. The van der Waals surface area contributed by atoms with Gasteiger partial charge >= 0.3 is 5.97 Å². The minimum atomic E-state index is -0.973. The van der Waals surface area contributed by atoms with Crippen LogP contribution in [0.1, 0.15) is 21.7 Å². The molecular formula is C16H10ClNO3. The predicted molar refractivity (Wildman–Crippen MR) is 78.8 cm³/mol. The van der Waals surface area contributed by atoms with Crippen molar-refractivity contribution in [2.75, 3.05) is 0 Å². The van der Waals surface area contributed by atoms with Crippen molar-refractivity contribution in [2.24, 2.45) is 0 Å². The molecule has 0 bridgehead atoms. The molecule has 1 aliphatic rings. The first-order valence-corrected chi connectivity index (χ1v) is 6.95. The van der Waals surface area contributed by atoms with Gasteiger partial charge in [0.15, 0.2) is 0 Å². The van der Waals surface area contributed by atoms with Crippen LogP contribution in [0.4, 0.5) is 0 Å². The van der Waals surface area contributed by atoms with E-state index in [2.05, 4.69) is 4.98 Å². The second-order valence-corrected chi connectivity index (χ2v) is 5.42. The van der Waals surface area contributed by atoms with Crippen LogP contribution in [0.25, 0.3) is 22.2 Å². The third kappa shape index (κ3) is 1.69. The van der Waals surface area contributed by atoms with E-state index in [9.17, 15) is 9.90 Å². The van der Waals surface area contributed by atoms with Crippen molar-refractivity contribution in [3.8, 4) is 11.3 Å². The molecule has 0 radical (unpaired) electrons. The second kappa shape index (κ2) is 4.33. The van der Waals surface area contributed by atoms with Crippen molar-refractivity contribution in [2.45, 2.75) is 12.8 Å². The summed E-state index contributed by atoms with van der Waals surface area (Å²) in [7, 11) is 0. The Morgan fingerprint density at radius 1 is 1.29 bits per heavy atom. The molecule has 1 aliphatic carbocycles. The molecule has 0 atom stereocenters. The number of furan rings is 1. The lowest BCUT2D eigenvalue weighted by atomic mass is 9.89. The largest absolute Gasteiger partial charge is 0.478 e. The minimum Gasteiger partial charge on any atom is -0.478 e. The number of aromatic carboxylic acids is 1. The minimum absolute atomic E-state index is 0.257. The molecule has 1 N–H and O–H groups in total. The Labute approximate surface area is 125 Å². The standard InChI is InChI=1S/C16H10ClNO3/c17-10-2-1-3-11-14(10)13(16(19)20)9-4-5-12-8(6-7-21-12)15(9)18-11/h1-3,6-7H,4-5H2,(H,19,20). The molecular weight excluding hydrogens is 290 g/mol. The number of aryl methyl sites for hydroxylation is 1. The second-order valence-electron chi connectivity index (χ2n) is 5.01. The number of hydrogen-bond donors (Lipinski definition) is 1. The van der Waals surface area contributed by atoms with Gasteiger partial charge in [0, 0.05) is 17.4 Å². The Kier molecular flexibility index (Phi) is 2.56. The highest BCUT2D eigenvalue weighted by Gasteiger charge is 2.27. The van der Waals surface area contributed by atoms with E-state index in [1.54, 1.807) is 24.5 Å². The zero-order chi connectivity index (χ0) is 14.6. The summed E-state index contributed by atoms with van der Waals surface area (Å²) in [5.41, 5.74) is 3.15. The summed E-state index contributed by atoms with van der Waals surface area (Å²) in [6, 6.07) is 7.08. The average molecular weight is 300 g/mol. The number of pyridine rings is 1. The van der Waals surface area contributed by atoms with E-state index in [1.807, 2.05) is 6.07 Å². The highest BCUT2D eigenvalue weighted by atomic mass is 35.5. The van der Waals surface area contributed by atoms with Crippen LogP contribution in [0.5, 0.6) is 0 Å². The van der Waals surface area contributed by atoms with E-state index in [1.165, 1.54) is 0 Å². The fraction of sp³-hybridized carbons (Fsp3) is 0.125. The Bertz CT molecular complexity index is 898. The van der Waals surface area contributed by atoms with Gasteiger partial charge < -0.3 is 9.52 Å². The molecule has 0 unspecified atom stereocenters. The maximum atomic E-state index is 11.8. The maximum absolute atomic E-state index is 11.8. The monoisotopic (exact) mass is 299 g/mol. The van der Waals surface area contributed by atoms with E-state index >= 15 is 0 Å². The van der Waals surface area contributed by atoms with E-state index in [-0.39, 0.29) is 5.56 Å². The highest BCUT2D eigenvalue weighted by molar-refractivity contribution is 6.36. The van der Waals surface area contributed by atoms with Gasteiger partial charge in [0.05, 0.1) is 28.1 Å². The predicted octanol–water partition coefficient (Wildman–Crippen LogP) is 3.95. The molecule has 0 fully saturated rings. The number of aromatic nitrogens is 1. The summed E-state index contributed by atoms with van der Waals surface area (Å²) in [4.78, 5) is 16.4. The Morgan fingerprint density at radius 2 is 2.14 bits per heavy atom. The number of benzene rings is 1. The van der Waals surface area contributed by atoms with Gasteiger partial charge in [-0.25, -0.2) is 9.78 Å². The lowest BCUT2D eigenvalue weighted by molar-refractivity contribution is 0.0697. The molecule has 104 valence electrons. The van der Waals surface area contributed by atoms with Crippen LogP contribution in [0.2, 0.25) is 5.02 Å².